The summed E-state index contributed by atoms with van der Waals surface area (Å²) in [5.41, 5.74) is 9.90. The molecule has 2 aliphatic rings. The normalized spacial score (nSPS) is 15.8. The van der Waals surface area contributed by atoms with E-state index in [9.17, 15) is 4.79 Å². The predicted molar refractivity (Wildman–Crippen MR) is 202 cm³/mol. The molecule has 2 aromatic heterocycles. The molecule has 0 radical (unpaired) electrons. The molecule has 258 valence electrons. The van der Waals surface area contributed by atoms with Crippen LogP contribution in [0.5, 0.6) is 0 Å². The number of amides is 1. The van der Waals surface area contributed by atoms with Crippen molar-refractivity contribution >= 4 is 39.5 Å². The van der Waals surface area contributed by atoms with E-state index in [1.54, 1.807) is 11.1 Å². The number of hydrogen-bond acceptors (Lipinski definition) is 9. The monoisotopic (exact) mass is 678 g/mol. The number of aromatic nitrogens is 4. The molecule has 6 aromatic rings. The summed E-state index contributed by atoms with van der Waals surface area (Å²) in [7, 11) is 0. The zero-order chi connectivity index (χ0) is 35.1. The van der Waals surface area contributed by atoms with Gasteiger partial charge in [-0.25, -0.2) is 24.7 Å². The minimum Gasteiger partial charge on any atom is -0.430 e. The number of rotatable bonds is 8. The molecule has 0 aliphatic carbocycles. The van der Waals surface area contributed by atoms with Crippen molar-refractivity contribution < 1.29 is 9.53 Å². The van der Waals surface area contributed by atoms with Crippen LogP contribution in [-0.4, -0.2) is 75.4 Å². The lowest BCUT2D eigenvalue weighted by Gasteiger charge is -2.45. The second-order valence-corrected chi connectivity index (χ2v) is 14.7. The highest BCUT2D eigenvalue weighted by Crippen LogP contribution is 2.31. The molecule has 10 nitrogen and oxygen atoms in total. The minimum absolute atomic E-state index is 0.0186. The lowest BCUT2D eigenvalue weighted by molar-refractivity contribution is 0.00606. The van der Waals surface area contributed by atoms with Crippen molar-refractivity contribution in [3.05, 3.63) is 109 Å². The van der Waals surface area contributed by atoms with E-state index in [4.69, 9.17) is 20.4 Å². The maximum atomic E-state index is 13.6. The molecule has 2 N–H and O–H groups in total. The molecule has 1 unspecified atom stereocenters. The Bertz CT molecular complexity index is 2210. The number of carbonyl (C=O) groups excluding carboxylic acids is 1. The molecule has 4 heterocycles. The van der Waals surface area contributed by atoms with E-state index in [0.29, 0.717) is 31.5 Å². The third-order valence-corrected chi connectivity index (χ3v) is 9.98. The molecule has 0 spiro atoms. The number of hydrogen-bond donors (Lipinski definition) is 1. The Morgan fingerprint density at radius 3 is 1.75 bits per heavy atom. The third kappa shape index (κ3) is 6.79. The second kappa shape index (κ2) is 13.3. The fraction of sp³-hybridized carbons (Fsp3) is 0.293. The Kier molecular flexibility index (Phi) is 8.47. The standard InChI is InChI=1S/C41H42N8O2/c1-41(2,3)49(24-27-22-47(23-27)38-43-18-16-35(45-38)32-14-12-28-8-4-6-10-30(28)20-32)40(50)51-37(42)34-25-48(26-34)39-44-19-17-36(46-39)33-15-13-29-9-5-7-11-31(29)21-33/h4-21,27,34,37H,22-26,42H2,1-3H3. The summed E-state index contributed by atoms with van der Waals surface area (Å²) in [4.78, 5) is 38.4. The first-order chi connectivity index (χ1) is 24.7. The first kappa shape index (κ1) is 32.6. The fourth-order valence-electron chi connectivity index (χ4n) is 6.91. The molecular weight excluding hydrogens is 637 g/mol. The fourth-order valence-corrected chi connectivity index (χ4v) is 6.91. The van der Waals surface area contributed by atoms with Gasteiger partial charge >= 0.3 is 6.09 Å². The topological polar surface area (TPSA) is 114 Å². The molecule has 2 fully saturated rings. The molecule has 1 amide bonds. The quantitative estimate of drug-likeness (QED) is 0.170. The maximum Gasteiger partial charge on any atom is 0.411 e. The van der Waals surface area contributed by atoms with E-state index in [0.717, 1.165) is 35.6 Å². The van der Waals surface area contributed by atoms with Gasteiger partial charge in [-0.05, 0) is 66.6 Å². The molecule has 1 atom stereocenters. The Morgan fingerprint density at radius 1 is 0.745 bits per heavy atom. The largest absolute Gasteiger partial charge is 0.430 e. The van der Waals surface area contributed by atoms with Gasteiger partial charge in [0.05, 0.1) is 11.4 Å². The summed E-state index contributed by atoms with van der Waals surface area (Å²) in [5, 5.41) is 4.74. The number of carbonyl (C=O) groups is 1. The minimum atomic E-state index is -0.730. The summed E-state index contributed by atoms with van der Waals surface area (Å²) in [5.74, 6) is 1.58. The van der Waals surface area contributed by atoms with Crippen LogP contribution in [0.3, 0.4) is 0 Å². The second-order valence-electron chi connectivity index (χ2n) is 14.7. The molecule has 0 bridgehead atoms. The van der Waals surface area contributed by atoms with Gasteiger partial charge in [0.2, 0.25) is 11.9 Å². The van der Waals surface area contributed by atoms with Crippen molar-refractivity contribution in [3.8, 4) is 22.5 Å². The van der Waals surface area contributed by atoms with Crippen molar-refractivity contribution in [2.75, 3.05) is 42.5 Å². The van der Waals surface area contributed by atoms with Crippen molar-refractivity contribution in [2.24, 2.45) is 17.6 Å². The molecule has 10 heteroatoms. The van der Waals surface area contributed by atoms with Crippen LogP contribution in [0.25, 0.3) is 44.1 Å². The molecular formula is C41H42N8O2. The van der Waals surface area contributed by atoms with E-state index in [2.05, 4.69) is 80.4 Å². The molecule has 51 heavy (non-hydrogen) atoms. The van der Waals surface area contributed by atoms with Gasteiger partial charge in [0, 0.05) is 73.6 Å². The Morgan fingerprint density at radius 2 is 1.24 bits per heavy atom. The van der Waals surface area contributed by atoms with Crippen LogP contribution in [-0.2, 0) is 4.74 Å². The predicted octanol–water partition coefficient (Wildman–Crippen LogP) is 7.00. The van der Waals surface area contributed by atoms with E-state index in [1.807, 2.05) is 63.4 Å². The average molecular weight is 679 g/mol. The summed E-state index contributed by atoms with van der Waals surface area (Å²) in [6.45, 7) is 9.36. The first-order valence-corrected chi connectivity index (χ1v) is 17.6. The highest BCUT2D eigenvalue weighted by Gasteiger charge is 2.40. The van der Waals surface area contributed by atoms with Crippen LogP contribution >= 0.6 is 0 Å². The van der Waals surface area contributed by atoms with Gasteiger partial charge in [0.1, 0.15) is 0 Å². The van der Waals surface area contributed by atoms with Crippen molar-refractivity contribution in [3.63, 3.8) is 0 Å². The lowest BCUT2D eigenvalue weighted by atomic mass is 9.96. The number of anilines is 2. The average Bonchev–Trinajstić information content (AvgIpc) is 3.09. The van der Waals surface area contributed by atoms with Gasteiger partial charge < -0.3 is 19.4 Å². The van der Waals surface area contributed by atoms with Crippen LogP contribution in [0.15, 0.2) is 109 Å². The summed E-state index contributed by atoms with van der Waals surface area (Å²) in [6, 6.07) is 33.2. The lowest BCUT2D eigenvalue weighted by Crippen LogP contribution is -2.59. The Hall–Kier alpha value is -5.61. The van der Waals surface area contributed by atoms with Crippen LogP contribution in [0, 0.1) is 11.8 Å². The van der Waals surface area contributed by atoms with E-state index < -0.39 is 17.9 Å². The van der Waals surface area contributed by atoms with Gasteiger partial charge in [-0.3, -0.25) is 5.73 Å². The first-order valence-electron chi connectivity index (χ1n) is 17.6. The highest BCUT2D eigenvalue weighted by atomic mass is 16.6. The summed E-state index contributed by atoms with van der Waals surface area (Å²) < 4.78 is 5.90. The van der Waals surface area contributed by atoms with E-state index >= 15 is 0 Å². The van der Waals surface area contributed by atoms with Crippen LogP contribution in [0.4, 0.5) is 16.7 Å². The molecule has 4 aromatic carbocycles. The van der Waals surface area contributed by atoms with Crippen molar-refractivity contribution in [2.45, 2.75) is 32.5 Å². The number of nitrogens with zero attached hydrogens (tertiary/aromatic N) is 7. The molecule has 8 rings (SSSR count). The number of benzene rings is 4. The third-order valence-electron chi connectivity index (χ3n) is 9.98. The number of nitrogens with two attached hydrogens (primary N) is 1. The van der Waals surface area contributed by atoms with E-state index in [1.165, 1.54) is 21.5 Å². The molecule has 2 aliphatic heterocycles. The van der Waals surface area contributed by atoms with Gasteiger partial charge in [0.25, 0.3) is 0 Å². The van der Waals surface area contributed by atoms with Crippen LogP contribution in [0.2, 0.25) is 0 Å². The number of ether oxygens (including phenoxy) is 1. The van der Waals surface area contributed by atoms with Gasteiger partial charge in [-0.15, -0.1) is 0 Å². The van der Waals surface area contributed by atoms with Gasteiger partial charge in [0.15, 0.2) is 6.23 Å². The van der Waals surface area contributed by atoms with Gasteiger partial charge in [-0.2, -0.15) is 0 Å². The summed E-state index contributed by atoms with van der Waals surface area (Å²) in [6.07, 6.45) is 2.48. The number of fused-ring (bicyclic) bond motifs is 2. The summed E-state index contributed by atoms with van der Waals surface area (Å²) >= 11 is 0. The SMILES string of the molecule is CC(C)(C)N(CC1CN(c2nccc(-c3ccc4ccccc4c3)n2)C1)C(=O)OC(N)C1CN(c2nccc(-c3ccc4ccccc4c3)n2)C1. The van der Waals surface area contributed by atoms with Gasteiger partial charge in [-0.1, -0.05) is 72.8 Å². The smallest absolute Gasteiger partial charge is 0.411 e. The van der Waals surface area contributed by atoms with Crippen LogP contribution in [0.1, 0.15) is 20.8 Å². The van der Waals surface area contributed by atoms with Crippen molar-refractivity contribution in [1.82, 2.24) is 24.8 Å². The Balaban J connectivity index is 0.856. The Labute approximate surface area is 297 Å². The molecule has 2 saturated heterocycles. The van der Waals surface area contributed by atoms with Crippen LogP contribution < -0.4 is 15.5 Å². The maximum absolute atomic E-state index is 13.6. The van der Waals surface area contributed by atoms with E-state index in [-0.39, 0.29) is 11.8 Å². The molecule has 0 saturated carbocycles. The zero-order valence-electron chi connectivity index (χ0n) is 29.2. The zero-order valence-corrected chi connectivity index (χ0v) is 29.2. The highest BCUT2D eigenvalue weighted by molar-refractivity contribution is 5.87. The van der Waals surface area contributed by atoms with Crippen molar-refractivity contribution in [1.29, 1.82) is 0 Å².